The van der Waals surface area contributed by atoms with Crippen LogP contribution in [0.15, 0.2) is 64.4 Å². The minimum Gasteiger partial charge on any atom is -0.350 e. The molecule has 0 spiro atoms. The van der Waals surface area contributed by atoms with Crippen molar-refractivity contribution in [2.45, 2.75) is 68.8 Å². The van der Waals surface area contributed by atoms with Crippen molar-refractivity contribution in [3.8, 4) is 0 Å². The van der Waals surface area contributed by atoms with Crippen LogP contribution in [-0.4, -0.2) is 42.3 Å². The van der Waals surface area contributed by atoms with Gasteiger partial charge in [0.1, 0.15) is 5.56 Å². The van der Waals surface area contributed by atoms with Gasteiger partial charge in [-0.05, 0) is 56.4 Å². The van der Waals surface area contributed by atoms with Crippen molar-refractivity contribution in [2.24, 2.45) is 7.05 Å². The number of benzene rings is 2. The van der Waals surface area contributed by atoms with Crippen LogP contribution in [0.25, 0.3) is 10.9 Å². The summed E-state index contributed by atoms with van der Waals surface area (Å²) in [7, 11) is -0.392. The van der Waals surface area contributed by atoms with Crippen LogP contribution >= 0.6 is 0 Å². The number of aromatic nitrogens is 1. The largest absolute Gasteiger partial charge is 0.350 e. The maximum atomic E-state index is 13.4. The molecule has 1 N–H and O–H groups in total. The molecule has 4 rings (SSSR count). The Hall–Kier alpha value is -2.97. The first-order chi connectivity index (χ1) is 17.2. The molecule has 1 aliphatic carbocycles. The van der Waals surface area contributed by atoms with Crippen LogP contribution in [0.1, 0.15) is 61.4 Å². The van der Waals surface area contributed by atoms with Crippen LogP contribution in [0.3, 0.4) is 0 Å². The first-order valence-corrected chi connectivity index (χ1v) is 14.1. The molecule has 1 aliphatic rings. The molecule has 36 heavy (non-hydrogen) atoms. The fraction of sp³-hybridized carbons (Fsp3) is 0.429. The van der Waals surface area contributed by atoms with E-state index in [9.17, 15) is 18.0 Å². The van der Waals surface area contributed by atoms with Crippen LogP contribution in [-0.2, 0) is 23.5 Å². The van der Waals surface area contributed by atoms with Crippen molar-refractivity contribution in [1.29, 1.82) is 0 Å². The predicted molar refractivity (Wildman–Crippen MR) is 143 cm³/mol. The lowest BCUT2D eigenvalue weighted by atomic mass is 9.96. The molecular weight excluding hydrogens is 474 g/mol. The summed E-state index contributed by atoms with van der Waals surface area (Å²) in [5.41, 5.74) is 1.31. The first kappa shape index (κ1) is 26.1. The number of aryl methyl sites for hydroxylation is 2. The summed E-state index contributed by atoms with van der Waals surface area (Å²) in [6.07, 6.45) is 7.93. The summed E-state index contributed by atoms with van der Waals surface area (Å²) < 4.78 is 29.9. The number of sulfonamides is 1. The molecule has 1 saturated carbocycles. The third kappa shape index (κ3) is 5.55. The Morgan fingerprint density at radius 3 is 2.50 bits per heavy atom. The molecule has 8 heteroatoms. The number of hydrogen-bond acceptors (Lipinski definition) is 4. The lowest BCUT2D eigenvalue weighted by Crippen LogP contribution is -2.38. The average Bonchev–Trinajstić information content (AvgIpc) is 2.89. The molecule has 3 aromatic rings. The second-order valence-electron chi connectivity index (χ2n) is 9.87. The minimum absolute atomic E-state index is 0.00624. The van der Waals surface area contributed by atoms with Gasteiger partial charge in [-0.1, -0.05) is 49.6 Å². The Morgan fingerprint density at radius 1 is 1.11 bits per heavy atom. The number of nitrogens with one attached hydrogen (secondary N) is 1. The topological polar surface area (TPSA) is 88.5 Å². The van der Waals surface area contributed by atoms with Crippen molar-refractivity contribution in [3.63, 3.8) is 0 Å². The molecule has 0 bridgehead atoms. The van der Waals surface area contributed by atoms with E-state index in [0.717, 1.165) is 44.9 Å². The number of hydrogen-bond donors (Lipinski definition) is 1. The Morgan fingerprint density at radius 2 is 1.81 bits per heavy atom. The molecule has 7 nitrogen and oxygen atoms in total. The smallest absolute Gasteiger partial charge is 0.256 e. The number of fused-ring (bicyclic) bond motifs is 1. The first-order valence-electron chi connectivity index (χ1n) is 12.6. The van der Waals surface area contributed by atoms with Crippen molar-refractivity contribution in [1.82, 2.24) is 14.2 Å². The summed E-state index contributed by atoms with van der Waals surface area (Å²) in [4.78, 5) is 26.5. The summed E-state index contributed by atoms with van der Waals surface area (Å²) in [6, 6.07) is 14.5. The SMILES string of the molecule is C[C@H](CCc1ccccc1)NC(=O)c1cn(C)c2ccc(S(=O)(=O)N(C)C3CCCCC3)cc2c1=O. The van der Waals surface area contributed by atoms with E-state index >= 15 is 0 Å². The molecule has 2 aromatic carbocycles. The number of nitrogens with zero attached hydrogens (tertiary/aromatic N) is 2. The summed E-state index contributed by atoms with van der Waals surface area (Å²) in [5.74, 6) is -0.453. The quantitative estimate of drug-likeness (QED) is 0.492. The van der Waals surface area contributed by atoms with Crippen molar-refractivity contribution < 1.29 is 13.2 Å². The van der Waals surface area contributed by atoms with Gasteiger partial charge in [0.05, 0.1) is 10.4 Å². The highest BCUT2D eigenvalue weighted by Crippen LogP contribution is 2.27. The maximum Gasteiger partial charge on any atom is 0.256 e. The third-order valence-corrected chi connectivity index (χ3v) is 9.16. The molecule has 0 aliphatic heterocycles. The molecule has 0 radical (unpaired) electrons. The molecular formula is C28H35N3O4S. The van der Waals surface area contributed by atoms with Gasteiger partial charge in [0.25, 0.3) is 5.91 Å². The van der Waals surface area contributed by atoms with Gasteiger partial charge in [-0.15, -0.1) is 0 Å². The normalized spacial score (nSPS) is 15.8. The second-order valence-corrected chi connectivity index (χ2v) is 11.9. The zero-order valence-corrected chi connectivity index (χ0v) is 22.1. The zero-order chi connectivity index (χ0) is 25.9. The van der Waals surface area contributed by atoms with Gasteiger partial charge in [-0.25, -0.2) is 8.42 Å². The number of amides is 1. The van der Waals surface area contributed by atoms with Crippen LogP contribution in [0.2, 0.25) is 0 Å². The minimum atomic E-state index is -3.76. The van der Waals surface area contributed by atoms with Gasteiger partial charge in [-0.3, -0.25) is 9.59 Å². The number of carbonyl (C=O) groups is 1. The monoisotopic (exact) mass is 509 g/mol. The summed E-state index contributed by atoms with van der Waals surface area (Å²) in [5, 5.41) is 3.15. The highest BCUT2D eigenvalue weighted by Gasteiger charge is 2.29. The van der Waals surface area contributed by atoms with Gasteiger partial charge < -0.3 is 9.88 Å². The van der Waals surface area contributed by atoms with E-state index < -0.39 is 21.4 Å². The fourth-order valence-corrected chi connectivity index (χ4v) is 6.45. The summed E-state index contributed by atoms with van der Waals surface area (Å²) in [6.45, 7) is 1.91. The Bertz CT molecular complexity index is 1390. The zero-order valence-electron chi connectivity index (χ0n) is 21.2. The van der Waals surface area contributed by atoms with Crippen molar-refractivity contribution >= 4 is 26.8 Å². The Labute approximate surface area is 213 Å². The van der Waals surface area contributed by atoms with Gasteiger partial charge in [0.2, 0.25) is 15.5 Å². The van der Waals surface area contributed by atoms with Crippen LogP contribution < -0.4 is 10.7 Å². The van der Waals surface area contributed by atoms with Crippen LogP contribution in [0, 0.1) is 0 Å². The number of pyridine rings is 1. The number of carbonyl (C=O) groups excluding carboxylic acids is 1. The molecule has 1 aromatic heterocycles. The second kappa shape index (κ2) is 11.0. The molecule has 1 fully saturated rings. The molecule has 0 saturated heterocycles. The molecule has 192 valence electrons. The standard InChI is InChI=1S/C28H35N3O4S/c1-20(14-15-21-10-6-4-7-11-21)29-28(33)25-19-30(2)26-17-16-23(18-24(26)27(25)32)36(34,35)31(3)22-12-8-5-9-13-22/h4,6-7,10-11,16-20,22H,5,8-9,12-15H2,1-3H3,(H,29,33)/t20-/m1/s1. The highest BCUT2D eigenvalue weighted by molar-refractivity contribution is 7.89. The van der Waals surface area contributed by atoms with Gasteiger partial charge in [0.15, 0.2) is 0 Å². The molecule has 1 amide bonds. The molecule has 1 heterocycles. The van der Waals surface area contributed by atoms with Crippen molar-refractivity contribution in [2.75, 3.05) is 7.05 Å². The van der Waals surface area contributed by atoms with E-state index in [0.29, 0.717) is 5.52 Å². The average molecular weight is 510 g/mol. The van der Waals surface area contributed by atoms with Crippen molar-refractivity contribution in [3.05, 3.63) is 76.1 Å². The predicted octanol–water partition coefficient (Wildman–Crippen LogP) is 4.24. The summed E-state index contributed by atoms with van der Waals surface area (Å²) >= 11 is 0. The van der Waals surface area contributed by atoms with E-state index in [1.54, 1.807) is 30.8 Å². The number of rotatable bonds is 8. The lowest BCUT2D eigenvalue weighted by Gasteiger charge is -2.30. The Kier molecular flexibility index (Phi) is 7.95. The van der Waals surface area contributed by atoms with E-state index in [1.165, 1.54) is 22.1 Å². The van der Waals surface area contributed by atoms with Gasteiger partial charge in [0, 0.05) is 37.8 Å². The van der Waals surface area contributed by atoms with E-state index in [2.05, 4.69) is 5.32 Å². The van der Waals surface area contributed by atoms with Crippen LogP contribution in [0.5, 0.6) is 0 Å². The Balaban J connectivity index is 1.58. The van der Waals surface area contributed by atoms with E-state index in [-0.39, 0.29) is 27.9 Å². The third-order valence-electron chi connectivity index (χ3n) is 7.26. The fourth-order valence-electron chi connectivity index (χ4n) is 5.00. The van der Waals surface area contributed by atoms with Gasteiger partial charge in [-0.2, -0.15) is 4.31 Å². The highest BCUT2D eigenvalue weighted by atomic mass is 32.2. The molecule has 1 atom stereocenters. The van der Waals surface area contributed by atoms with E-state index in [4.69, 9.17) is 0 Å². The van der Waals surface area contributed by atoms with Crippen LogP contribution in [0.4, 0.5) is 0 Å². The molecule has 0 unspecified atom stereocenters. The van der Waals surface area contributed by atoms with Gasteiger partial charge >= 0.3 is 0 Å². The maximum absolute atomic E-state index is 13.4. The van der Waals surface area contributed by atoms with E-state index in [1.807, 2.05) is 37.3 Å². The lowest BCUT2D eigenvalue weighted by molar-refractivity contribution is 0.0937.